The van der Waals surface area contributed by atoms with Gasteiger partial charge in [0, 0.05) is 0 Å². The van der Waals surface area contributed by atoms with Crippen molar-refractivity contribution in [3.8, 4) is 11.5 Å². The van der Waals surface area contributed by atoms with E-state index in [0.717, 1.165) is 5.56 Å². The summed E-state index contributed by atoms with van der Waals surface area (Å²) in [5, 5.41) is 11.3. The number of hydrogen-bond donors (Lipinski definition) is 0. The molecule has 0 aliphatic heterocycles. The molecule has 24 heavy (non-hydrogen) atoms. The average molecular weight is 330 g/mol. The molecule has 0 saturated heterocycles. The van der Waals surface area contributed by atoms with Crippen LogP contribution in [0.4, 0.5) is 5.69 Å². The van der Waals surface area contributed by atoms with Crippen molar-refractivity contribution in [2.24, 2.45) is 0 Å². The average Bonchev–Trinajstić information content (AvgIpc) is 2.60. The molecule has 7 heteroatoms. The number of nitro groups is 1. The molecule has 0 amide bonds. The van der Waals surface area contributed by atoms with E-state index in [0.29, 0.717) is 5.75 Å². The molecule has 1 atom stereocenters. The van der Waals surface area contributed by atoms with E-state index in [1.807, 2.05) is 30.3 Å². The first kappa shape index (κ1) is 17.3. The van der Waals surface area contributed by atoms with Crippen LogP contribution in [0.2, 0.25) is 0 Å². The summed E-state index contributed by atoms with van der Waals surface area (Å²) >= 11 is 0. The number of nitro benzene ring substituents is 1. The van der Waals surface area contributed by atoms with E-state index in [2.05, 4.69) is 4.74 Å². The smallest absolute Gasteiger partial charge is 0.418 e. The summed E-state index contributed by atoms with van der Waals surface area (Å²) in [6, 6.07) is 12.1. The molecule has 0 fully saturated rings. The highest BCUT2D eigenvalue weighted by molar-refractivity contribution is 5.55. The van der Waals surface area contributed by atoms with Crippen molar-refractivity contribution in [1.82, 2.24) is 0 Å². The Morgan fingerprint density at radius 1 is 1.21 bits per heavy atom. The maximum absolute atomic E-state index is 11.3. The molecule has 0 N–H and O–H groups in total. The van der Waals surface area contributed by atoms with Crippen molar-refractivity contribution >= 4 is 12.2 Å². The molecular weight excluding hydrogens is 314 g/mol. The van der Waals surface area contributed by atoms with Gasteiger partial charge < -0.3 is 14.2 Å². The van der Waals surface area contributed by atoms with Crippen molar-refractivity contribution < 1.29 is 23.9 Å². The fourth-order valence-electron chi connectivity index (χ4n) is 2.19. The van der Waals surface area contributed by atoms with E-state index in [4.69, 9.17) is 9.47 Å². The fraction of sp³-hybridized carbons (Fsp3) is 0.235. The van der Waals surface area contributed by atoms with Crippen LogP contribution in [0, 0.1) is 10.1 Å². The molecule has 2 aromatic carbocycles. The van der Waals surface area contributed by atoms with Crippen LogP contribution in [0.3, 0.4) is 0 Å². The molecule has 0 aliphatic carbocycles. The standard InChI is InChI=1S/C17H16NO6/c1-12(24-11-19)14-8-16(22-2)17(9-15(14)18(20)21)23-10-13-6-4-3-5-7-13/h3-9,12H,10H2,1-2H3/t12-/m1/s1. The second kappa shape index (κ2) is 7.96. The van der Waals surface area contributed by atoms with Gasteiger partial charge in [-0.1, -0.05) is 30.3 Å². The summed E-state index contributed by atoms with van der Waals surface area (Å²) < 4.78 is 15.6. The fourth-order valence-corrected chi connectivity index (χ4v) is 2.19. The zero-order valence-corrected chi connectivity index (χ0v) is 13.2. The molecule has 7 nitrogen and oxygen atoms in total. The Morgan fingerprint density at radius 2 is 1.92 bits per heavy atom. The Bertz CT molecular complexity index is 717. The summed E-state index contributed by atoms with van der Waals surface area (Å²) in [4.78, 5) is 21.1. The maximum Gasteiger partial charge on any atom is 0.418 e. The maximum atomic E-state index is 11.3. The monoisotopic (exact) mass is 330 g/mol. The molecule has 125 valence electrons. The van der Waals surface area contributed by atoms with E-state index < -0.39 is 11.0 Å². The third-order valence-electron chi connectivity index (χ3n) is 3.41. The SMILES string of the molecule is COc1cc([C@@H](C)O[C]=O)c([N+](=O)[O-])cc1OCc1ccccc1. The topological polar surface area (TPSA) is 87.9 Å². The number of hydrogen-bond acceptors (Lipinski definition) is 6. The Morgan fingerprint density at radius 3 is 2.50 bits per heavy atom. The third-order valence-corrected chi connectivity index (χ3v) is 3.41. The number of ether oxygens (including phenoxy) is 3. The van der Waals surface area contributed by atoms with Gasteiger partial charge in [0.05, 0.1) is 23.7 Å². The number of rotatable bonds is 8. The summed E-state index contributed by atoms with van der Waals surface area (Å²) in [6.07, 6.45) is -0.833. The zero-order valence-electron chi connectivity index (χ0n) is 13.2. The zero-order chi connectivity index (χ0) is 17.5. The number of carbonyl (C=O) groups excluding carboxylic acids is 1. The Hall–Kier alpha value is -3.09. The van der Waals surface area contributed by atoms with Gasteiger partial charge in [-0.2, -0.15) is 0 Å². The van der Waals surface area contributed by atoms with Crippen molar-refractivity contribution in [2.45, 2.75) is 19.6 Å². The van der Waals surface area contributed by atoms with Crippen LogP contribution in [-0.2, 0) is 16.1 Å². The van der Waals surface area contributed by atoms with Crippen LogP contribution in [0.1, 0.15) is 24.2 Å². The summed E-state index contributed by atoms with van der Waals surface area (Å²) in [5.41, 5.74) is 0.896. The van der Waals surface area contributed by atoms with Crippen LogP contribution < -0.4 is 9.47 Å². The lowest BCUT2D eigenvalue weighted by molar-refractivity contribution is -0.386. The first-order valence-corrected chi connectivity index (χ1v) is 7.12. The van der Waals surface area contributed by atoms with Gasteiger partial charge in [-0.25, -0.2) is 4.79 Å². The van der Waals surface area contributed by atoms with Gasteiger partial charge in [-0.05, 0) is 18.6 Å². The lowest BCUT2D eigenvalue weighted by Crippen LogP contribution is -2.05. The van der Waals surface area contributed by atoms with Crippen LogP contribution >= 0.6 is 0 Å². The second-order valence-corrected chi connectivity index (χ2v) is 4.94. The predicted molar refractivity (Wildman–Crippen MR) is 85.6 cm³/mol. The number of methoxy groups -OCH3 is 1. The highest BCUT2D eigenvalue weighted by Crippen LogP contribution is 2.38. The van der Waals surface area contributed by atoms with Crippen molar-refractivity contribution in [3.63, 3.8) is 0 Å². The lowest BCUT2D eigenvalue weighted by atomic mass is 10.1. The van der Waals surface area contributed by atoms with Crippen LogP contribution in [0.5, 0.6) is 11.5 Å². The third kappa shape index (κ3) is 4.01. The Balaban J connectivity index is 2.35. The molecule has 0 heterocycles. The van der Waals surface area contributed by atoms with Crippen LogP contribution in [0.25, 0.3) is 0 Å². The molecule has 1 radical (unpaired) electrons. The summed E-state index contributed by atoms with van der Waals surface area (Å²) in [5.74, 6) is 0.548. The molecule has 2 rings (SSSR count). The van der Waals surface area contributed by atoms with Gasteiger partial charge >= 0.3 is 6.47 Å². The summed E-state index contributed by atoms with van der Waals surface area (Å²) in [6.45, 7) is 3.04. The number of benzene rings is 2. The Kier molecular flexibility index (Phi) is 5.73. The minimum absolute atomic E-state index is 0.201. The van der Waals surface area contributed by atoms with E-state index in [-0.39, 0.29) is 23.6 Å². The van der Waals surface area contributed by atoms with E-state index >= 15 is 0 Å². The van der Waals surface area contributed by atoms with Crippen molar-refractivity contribution in [2.75, 3.05) is 7.11 Å². The first-order chi connectivity index (χ1) is 11.6. The van der Waals surface area contributed by atoms with Gasteiger partial charge in [-0.3, -0.25) is 10.1 Å². The molecule has 0 spiro atoms. The highest BCUT2D eigenvalue weighted by Gasteiger charge is 2.24. The van der Waals surface area contributed by atoms with E-state index in [1.165, 1.54) is 32.6 Å². The molecule has 0 aromatic heterocycles. The molecule has 0 bridgehead atoms. The van der Waals surface area contributed by atoms with Gasteiger partial charge in [0.2, 0.25) is 0 Å². The van der Waals surface area contributed by atoms with Gasteiger partial charge in [0.1, 0.15) is 12.7 Å². The first-order valence-electron chi connectivity index (χ1n) is 7.12. The van der Waals surface area contributed by atoms with E-state index in [1.54, 1.807) is 0 Å². The highest BCUT2D eigenvalue weighted by atomic mass is 16.6. The van der Waals surface area contributed by atoms with Gasteiger partial charge in [-0.15, -0.1) is 0 Å². The lowest BCUT2D eigenvalue weighted by Gasteiger charge is -2.15. The number of nitrogens with zero attached hydrogens (tertiary/aromatic N) is 1. The van der Waals surface area contributed by atoms with Crippen molar-refractivity contribution in [3.05, 3.63) is 63.7 Å². The van der Waals surface area contributed by atoms with Crippen LogP contribution in [0.15, 0.2) is 42.5 Å². The van der Waals surface area contributed by atoms with Gasteiger partial charge in [0.25, 0.3) is 5.69 Å². The predicted octanol–water partition coefficient (Wildman–Crippen LogP) is 3.33. The minimum atomic E-state index is -0.833. The van der Waals surface area contributed by atoms with E-state index in [9.17, 15) is 14.9 Å². The minimum Gasteiger partial charge on any atom is -0.493 e. The molecule has 0 unspecified atom stereocenters. The quantitative estimate of drug-likeness (QED) is 0.545. The van der Waals surface area contributed by atoms with Crippen LogP contribution in [-0.4, -0.2) is 18.5 Å². The summed E-state index contributed by atoms with van der Waals surface area (Å²) in [7, 11) is 1.43. The molecular formula is C17H16NO6. The largest absolute Gasteiger partial charge is 0.493 e. The van der Waals surface area contributed by atoms with Gasteiger partial charge in [0.15, 0.2) is 11.5 Å². The molecule has 2 aromatic rings. The Labute approximate surface area is 138 Å². The second-order valence-electron chi connectivity index (χ2n) is 4.94. The molecule has 0 aliphatic rings. The normalized spacial score (nSPS) is 11.4. The van der Waals surface area contributed by atoms with Crippen molar-refractivity contribution in [1.29, 1.82) is 0 Å². The molecule has 0 saturated carbocycles.